The zero-order chi connectivity index (χ0) is 26.2. The standard InChI is InChI=1S/C25H28ClN5O5S/c1-35-24-17(26)6-3-7-19(24)30-23-21-18(9-11-28-25(21)32)29-22(23)16-8-10-27-13-20(16)36-14-15-5-4-12-31(15)37(2,33)34/h3,6-8,10,13,15,29-30H,4-5,9,11-12,14H2,1-2H3,(H,28,32)/t15-/m1/s1. The minimum Gasteiger partial charge on any atom is -0.493 e. The second kappa shape index (κ2) is 10.2. The van der Waals surface area contributed by atoms with E-state index in [1.807, 2.05) is 6.07 Å². The first-order valence-corrected chi connectivity index (χ1v) is 14.2. The topological polar surface area (TPSA) is 126 Å². The molecule has 1 aromatic carbocycles. The highest BCUT2D eigenvalue weighted by Gasteiger charge is 2.33. The number of rotatable bonds is 8. The summed E-state index contributed by atoms with van der Waals surface area (Å²) in [7, 11) is -1.79. The van der Waals surface area contributed by atoms with Crippen molar-refractivity contribution in [3.8, 4) is 22.8 Å². The molecule has 5 rings (SSSR count). The maximum Gasteiger partial charge on any atom is 0.255 e. The van der Waals surface area contributed by atoms with E-state index in [1.54, 1.807) is 30.6 Å². The number of nitrogens with one attached hydrogen (secondary N) is 3. The number of pyridine rings is 1. The van der Waals surface area contributed by atoms with Gasteiger partial charge in [0.2, 0.25) is 10.0 Å². The molecule has 0 saturated carbocycles. The number of carbonyl (C=O) groups excluding carboxylic acids is 1. The molecule has 2 aromatic heterocycles. The lowest BCUT2D eigenvalue weighted by Gasteiger charge is -2.23. The second-order valence-electron chi connectivity index (χ2n) is 9.03. The number of para-hydroxylation sites is 1. The molecule has 2 aliphatic heterocycles. The number of aromatic amines is 1. The fraction of sp³-hybridized carbons (Fsp3) is 0.360. The van der Waals surface area contributed by atoms with Gasteiger partial charge in [-0.05, 0) is 31.0 Å². The molecule has 37 heavy (non-hydrogen) atoms. The van der Waals surface area contributed by atoms with Crippen molar-refractivity contribution >= 4 is 38.9 Å². The van der Waals surface area contributed by atoms with Crippen LogP contribution in [0, 0.1) is 0 Å². The number of anilines is 2. The number of ether oxygens (including phenoxy) is 2. The van der Waals surface area contributed by atoms with Crippen LogP contribution in [0.25, 0.3) is 11.3 Å². The van der Waals surface area contributed by atoms with E-state index in [1.165, 1.54) is 17.7 Å². The normalized spacial score (nSPS) is 17.8. The van der Waals surface area contributed by atoms with Crippen molar-refractivity contribution in [3.05, 3.63) is 52.9 Å². The molecule has 12 heteroatoms. The van der Waals surface area contributed by atoms with Crippen molar-refractivity contribution in [1.82, 2.24) is 19.6 Å². The fourth-order valence-corrected chi connectivity index (χ4v) is 6.38. The van der Waals surface area contributed by atoms with Gasteiger partial charge in [0.15, 0.2) is 5.75 Å². The van der Waals surface area contributed by atoms with E-state index >= 15 is 0 Å². The Labute approximate surface area is 220 Å². The zero-order valence-corrected chi connectivity index (χ0v) is 22.1. The van der Waals surface area contributed by atoms with E-state index < -0.39 is 10.0 Å². The molecule has 1 atom stereocenters. The predicted molar refractivity (Wildman–Crippen MR) is 141 cm³/mol. The molecule has 10 nitrogen and oxygen atoms in total. The molecule has 2 aliphatic rings. The van der Waals surface area contributed by atoms with Crippen LogP contribution in [0.3, 0.4) is 0 Å². The number of sulfonamides is 1. The number of carbonyl (C=O) groups is 1. The third-order valence-electron chi connectivity index (χ3n) is 6.63. The summed E-state index contributed by atoms with van der Waals surface area (Å²) in [4.78, 5) is 20.6. The minimum atomic E-state index is -3.32. The maximum absolute atomic E-state index is 12.9. The number of nitrogens with zero attached hydrogens (tertiary/aromatic N) is 2. The molecule has 1 amide bonds. The number of benzene rings is 1. The molecule has 0 bridgehead atoms. The Bertz CT molecular complexity index is 1440. The molecular weight excluding hydrogens is 518 g/mol. The van der Waals surface area contributed by atoms with E-state index in [9.17, 15) is 13.2 Å². The monoisotopic (exact) mass is 545 g/mol. The molecule has 3 N–H and O–H groups in total. The molecule has 1 saturated heterocycles. The van der Waals surface area contributed by atoms with Gasteiger partial charge in [0.25, 0.3) is 5.91 Å². The van der Waals surface area contributed by atoms with Gasteiger partial charge in [0, 0.05) is 37.0 Å². The Hall–Kier alpha value is -3.28. The van der Waals surface area contributed by atoms with Crippen LogP contribution < -0.4 is 20.1 Å². The third kappa shape index (κ3) is 4.98. The van der Waals surface area contributed by atoms with Crippen LogP contribution in [-0.4, -0.2) is 67.7 Å². The summed E-state index contributed by atoms with van der Waals surface area (Å²) >= 11 is 6.34. The highest BCUT2D eigenvalue weighted by Crippen LogP contribution is 2.43. The van der Waals surface area contributed by atoms with Gasteiger partial charge < -0.3 is 25.1 Å². The number of aromatic nitrogens is 2. The zero-order valence-electron chi connectivity index (χ0n) is 20.5. The first-order chi connectivity index (χ1) is 17.8. The largest absolute Gasteiger partial charge is 0.493 e. The Morgan fingerprint density at radius 2 is 2.14 bits per heavy atom. The number of fused-ring (bicyclic) bond motifs is 1. The van der Waals surface area contributed by atoms with Gasteiger partial charge in [-0.1, -0.05) is 17.7 Å². The lowest BCUT2D eigenvalue weighted by molar-refractivity contribution is 0.0947. The molecule has 4 heterocycles. The average molecular weight is 546 g/mol. The summed E-state index contributed by atoms with van der Waals surface area (Å²) in [6.45, 7) is 1.20. The van der Waals surface area contributed by atoms with Crippen LogP contribution >= 0.6 is 11.6 Å². The van der Waals surface area contributed by atoms with Gasteiger partial charge in [-0.15, -0.1) is 0 Å². The second-order valence-corrected chi connectivity index (χ2v) is 11.4. The van der Waals surface area contributed by atoms with Crippen LogP contribution in [-0.2, 0) is 16.4 Å². The van der Waals surface area contributed by atoms with Crippen LogP contribution in [0.4, 0.5) is 11.4 Å². The number of hydrogen-bond donors (Lipinski definition) is 3. The summed E-state index contributed by atoms with van der Waals surface area (Å²) in [6.07, 6.45) is 6.60. The molecule has 0 unspecified atom stereocenters. The van der Waals surface area contributed by atoms with Crippen molar-refractivity contribution in [3.63, 3.8) is 0 Å². The van der Waals surface area contributed by atoms with Crippen LogP contribution in [0.1, 0.15) is 28.9 Å². The van der Waals surface area contributed by atoms with E-state index in [0.717, 1.165) is 18.5 Å². The van der Waals surface area contributed by atoms with Gasteiger partial charge in [0.05, 0.1) is 53.3 Å². The average Bonchev–Trinajstić information content (AvgIpc) is 3.49. The number of methoxy groups -OCH3 is 1. The Morgan fingerprint density at radius 1 is 1.30 bits per heavy atom. The third-order valence-corrected chi connectivity index (χ3v) is 8.26. The summed E-state index contributed by atoms with van der Waals surface area (Å²) in [5.41, 5.74) is 3.79. The van der Waals surface area contributed by atoms with Gasteiger partial charge >= 0.3 is 0 Å². The summed E-state index contributed by atoms with van der Waals surface area (Å²) in [5, 5.41) is 6.69. The molecule has 0 aliphatic carbocycles. The van der Waals surface area contributed by atoms with E-state index in [4.69, 9.17) is 21.1 Å². The maximum atomic E-state index is 12.9. The molecule has 196 valence electrons. The van der Waals surface area contributed by atoms with Crippen molar-refractivity contribution in [2.45, 2.75) is 25.3 Å². The van der Waals surface area contributed by atoms with Crippen LogP contribution in [0.5, 0.6) is 11.5 Å². The fourth-order valence-electron chi connectivity index (χ4n) is 4.96. The molecule has 1 fully saturated rings. The molecular formula is C25H28ClN5O5S. The van der Waals surface area contributed by atoms with E-state index in [2.05, 4.69) is 20.6 Å². The molecule has 3 aromatic rings. The van der Waals surface area contributed by atoms with Crippen molar-refractivity contribution < 1.29 is 22.7 Å². The number of amides is 1. The van der Waals surface area contributed by atoms with E-state index in [0.29, 0.717) is 64.2 Å². The van der Waals surface area contributed by atoms with Crippen LogP contribution in [0.15, 0.2) is 36.7 Å². The number of hydrogen-bond acceptors (Lipinski definition) is 7. The minimum absolute atomic E-state index is 0.192. The first-order valence-electron chi connectivity index (χ1n) is 11.9. The lowest BCUT2D eigenvalue weighted by Crippen LogP contribution is -2.38. The molecule has 0 radical (unpaired) electrons. The van der Waals surface area contributed by atoms with Gasteiger partial charge in [-0.25, -0.2) is 8.42 Å². The Balaban J connectivity index is 1.54. The number of H-pyrrole nitrogens is 1. The van der Waals surface area contributed by atoms with Crippen molar-refractivity contribution in [2.24, 2.45) is 0 Å². The highest BCUT2D eigenvalue weighted by molar-refractivity contribution is 7.88. The lowest BCUT2D eigenvalue weighted by atomic mass is 10.0. The van der Waals surface area contributed by atoms with Crippen molar-refractivity contribution in [1.29, 1.82) is 0 Å². The smallest absolute Gasteiger partial charge is 0.255 e. The Morgan fingerprint density at radius 3 is 2.92 bits per heavy atom. The van der Waals surface area contributed by atoms with Gasteiger partial charge in [-0.3, -0.25) is 9.78 Å². The van der Waals surface area contributed by atoms with Gasteiger partial charge in [0.1, 0.15) is 12.4 Å². The quantitative estimate of drug-likeness (QED) is 0.395. The SMILES string of the molecule is COc1c(Cl)cccc1Nc1c(-c2ccncc2OC[C@H]2CCCN2S(C)(=O)=O)[nH]c2c1C(=O)NCC2. The summed E-state index contributed by atoms with van der Waals surface area (Å²) in [5.74, 6) is 0.732. The van der Waals surface area contributed by atoms with Gasteiger partial charge in [-0.2, -0.15) is 4.31 Å². The summed E-state index contributed by atoms with van der Waals surface area (Å²) < 4.78 is 37.5. The van der Waals surface area contributed by atoms with Crippen molar-refractivity contribution in [2.75, 3.05) is 38.4 Å². The number of halogens is 1. The molecule has 0 spiro atoms. The van der Waals surface area contributed by atoms with E-state index in [-0.39, 0.29) is 18.6 Å². The predicted octanol–water partition coefficient (Wildman–Crippen LogP) is 3.57. The Kier molecular flexibility index (Phi) is 7.02. The first kappa shape index (κ1) is 25.4. The summed E-state index contributed by atoms with van der Waals surface area (Å²) in [6, 6.07) is 6.89. The van der Waals surface area contributed by atoms with Crippen LogP contribution in [0.2, 0.25) is 5.02 Å². The highest BCUT2D eigenvalue weighted by atomic mass is 35.5.